The maximum Gasteiger partial charge on any atom is 0.172 e. The Labute approximate surface area is 112 Å². The third kappa shape index (κ3) is 1.58. The van der Waals surface area contributed by atoms with Crippen LogP contribution in [0.2, 0.25) is 0 Å². The van der Waals surface area contributed by atoms with Crippen molar-refractivity contribution in [3.05, 3.63) is 42.4 Å². The van der Waals surface area contributed by atoms with Crippen molar-refractivity contribution in [1.82, 2.24) is 9.97 Å². The first kappa shape index (κ1) is 11.9. The average Bonchev–Trinajstić information content (AvgIpc) is 2.59. The molecule has 0 unspecified atom stereocenters. The summed E-state index contributed by atoms with van der Waals surface area (Å²) in [6, 6.07) is 8.24. The molecule has 2 aromatic rings. The Balaban J connectivity index is 2.23. The number of hydrogen-bond donors (Lipinski definition) is 1. The number of nitrogens with two attached hydrogens (primary N) is 1. The number of rotatable bonds is 1. The summed E-state index contributed by atoms with van der Waals surface area (Å²) in [5.41, 5.74) is 2.87. The number of anilines is 3. The molecule has 1 aromatic carbocycles. The minimum Gasteiger partial charge on any atom is -0.312 e. The quantitative estimate of drug-likeness (QED) is 0.793. The van der Waals surface area contributed by atoms with Gasteiger partial charge in [0.1, 0.15) is 17.7 Å². The van der Waals surface area contributed by atoms with Crippen LogP contribution in [-0.2, 0) is 0 Å². The number of fused-ring (bicyclic) bond motifs is 1. The lowest BCUT2D eigenvalue weighted by molar-refractivity contribution is 0.497. The summed E-state index contributed by atoms with van der Waals surface area (Å²) in [5.74, 6) is 6.96. The Kier molecular flexibility index (Phi) is 2.46. The van der Waals surface area contributed by atoms with Crippen molar-refractivity contribution >= 4 is 17.2 Å². The van der Waals surface area contributed by atoms with Crippen molar-refractivity contribution in [1.29, 1.82) is 0 Å². The van der Waals surface area contributed by atoms with Gasteiger partial charge in [0, 0.05) is 5.69 Å². The average molecular weight is 255 g/mol. The minimum absolute atomic E-state index is 0.384. The Morgan fingerprint density at radius 2 is 1.89 bits per heavy atom. The lowest BCUT2D eigenvalue weighted by Gasteiger charge is -2.38. The summed E-state index contributed by atoms with van der Waals surface area (Å²) in [6.45, 7) is 6.23. The van der Waals surface area contributed by atoms with Crippen LogP contribution in [0, 0.1) is 6.92 Å². The van der Waals surface area contributed by atoms with E-state index in [4.69, 9.17) is 5.84 Å². The van der Waals surface area contributed by atoms with Gasteiger partial charge in [-0.2, -0.15) is 0 Å². The van der Waals surface area contributed by atoms with E-state index in [1.807, 2.05) is 18.3 Å². The van der Waals surface area contributed by atoms with E-state index in [0.29, 0.717) is 0 Å². The fourth-order valence-corrected chi connectivity index (χ4v) is 2.56. The molecule has 1 aliphatic heterocycles. The zero-order valence-corrected chi connectivity index (χ0v) is 11.3. The summed E-state index contributed by atoms with van der Waals surface area (Å²) >= 11 is 0. The molecule has 0 fully saturated rings. The fraction of sp³-hybridized carbons (Fsp3) is 0.286. The molecule has 5 nitrogen and oxygen atoms in total. The molecule has 19 heavy (non-hydrogen) atoms. The molecule has 0 spiro atoms. The van der Waals surface area contributed by atoms with E-state index in [0.717, 1.165) is 17.2 Å². The predicted octanol–water partition coefficient (Wildman–Crippen LogP) is 2.35. The van der Waals surface area contributed by atoms with Crippen LogP contribution in [0.4, 0.5) is 17.2 Å². The molecular formula is C14H17N5. The van der Waals surface area contributed by atoms with E-state index >= 15 is 0 Å². The first-order valence-corrected chi connectivity index (χ1v) is 6.24. The van der Waals surface area contributed by atoms with Crippen molar-refractivity contribution in [2.45, 2.75) is 26.4 Å². The van der Waals surface area contributed by atoms with Gasteiger partial charge in [-0.15, -0.1) is 0 Å². The summed E-state index contributed by atoms with van der Waals surface area (Å²) in [6.07, 6.45) is 3.33. The van der Waals surface area contributed by atoms with Crippen molar-refractivity contribution < 1.29 is 0 Å². The van der Waals surface area contributed by atoms with Gasteiger partial charge in [-0.25, -0.2) is 15.8 Å². The molecule has 1 aliphatic rings. The Hall–Kier alpha value is -2.14. The van der Waals surface area contributed by atoms with Crippen LogP contribution in [0.3, 0.4) is 0 Å². The topological polar surface area (TPSA) is 58.3 Å². The molecule has 3 rings (SSSR count). The summed E-state index contributed by atoms with van der Waals surface area (Å²) in [7, 11) is 0. The largest absolute Gasteiger partial charge is 0.312 e. The van der Waals surface area contributed by atoms with Crippen LogP contribution in [0.25, 0.3) is 0 Å². The number of aromatic nitrogens is 2. The predicted molar refractivity (Wildman–Crippen MR) is 76.1 cm³/mol. The number of hydrogen-bond acceptors (Lipinski definition) is 5. The van der Waals surface area contributed by atoms with Crippen molar-refractivity contribution in [3.63, 3.8) is 0 Å². The first-order valence-electron chi connectivity index (χ1n) is 6.24. The normalized spacial score (nSPS) is 16.6. The van der Waals surface area contributed by atoms with Gasteiger partial charge < -0.3 is 4.90 Å². The van der Waals surface area contributed by atoms with Gasteiger partial charge in [-0.05, 0) is 32.4 Å². The Morgan fingerprint density at radius 3 is 2.63 bits per heavy atom. The number of aryl methyl sites for hydroxylation is 1. The van der Waals surface area contributed by atoms with E-state index in [1.54, 1.807) is 5.01 Å². The number of nitrogens with zero attached hydrogens (tertiary/aromatic N) is 4. The standard InChI is InChI=1S/C14H17N5/c1-10-6-4-5-7-11(10)18-12-8-16-9-17-13(12)19(15)14(18,2)3/h4-9H,15H2,1-3H3. The van der Waals surface area contributed by atoms with Gasteiger partial charge >= 0.3 is 0 Å². The first-order chi connectivity index (χ1) is 9.03. The lowest BCUT2D eigenvalue weighted by Crippen LogP contribution is -2.54. The monoisotopic (exact) mass is 255 g/mol. The SMILES string of the molecule is Cc1ccccc1N1c2cncnc2N(N)C1(C)C. The molecule has 0 aliphatic carbocycles. The molecule has 0 saturated carbocycles. The second-order valence-corrected chi connectivity index (χ2v) is 5.22. The highest BCUT2D eigenvalue weighted by Gasteiger charge is 2.43. The van der Waals surface area contributed by atoms with Gasteiger partial charge in [0.2, 0.25) is 0 Å². The second-order valence-electron chi connectivity index (χ2n) is 5.22. The van der Waals surface area contributed by atoms with Crippen LogP contribution >= 0.6 is 0 Å². The smallest absolute Gasteiger partial charge is 0.172 e. The molecule has 0 amide bonds. The van der Waals surface area contributed by atoms with Crippen molar-refractivity contribution in [2.75, 3.05) is 9.91 Å². The molecule has 0 bridgehead atoms. The summed E-state index contributed by atoms with van der Waals surface area (Å²) < 4.78 is 0. The van der Waals surface area contributed by atoms with Crippen LogP contribution in [0.1, 0.15) is 19.4 Å². The molecule has 2 heterocycles. The highest BCUT2D eigenvalue weighted by Crippen LogP contribution is 2.46. The van der Waals surface area contributed by atoms with Gasteiger partial charge in [-0.3, -0.25) is 5.01 Å². The number of para-hydroxylation sites is 1. The molecular weight excluding hydrogens is 238 g/mol. The number of hydrazine groups is 1. The van der Waals surface area contributed by atoms with Gasteiger partial charge in [0.25, 0.3) is 0 Å². The molecule has 0 atom stereocenters. The number of benzene rings is 1. The van der Waals surface area contributed by atoms with Crippen molar-refractivity contribution in [3.8, 4) is 0 Å². The molecule has 0 saturated heterocycles. The molecule has 1 aromatic heterocycles. The van der Waals surface area contributed by atoms with Gasteiger partial charge in [0.05, 0.1) is 6.20 Å². The zero-order chi connectivity index (χ0) is 13.6. The van der Waals surface area contributed by atoms with Crippen molar-refractivity contribution in [2.24, 2.45) is 5.84 Å². The fourth-order valence-electron chi connectivity index (χ4n) is 2.56. The molecule has 2 N–H and O–H groups in total. The third-order valence-electron chi connectivity index (χ3n) is 3.63. The molecule has 0 radical (unpaired) electrons. The Bertz CT molecular complexity index is 623. The third-order valence-corrected chi connectivity index (χ3v) is 3.63. The zero-order valence-electron chi connectivity index (χ0n) is 11.3. The summed E-state index contributed by atoms with van der Waals surface area (Å²) in [4.78, 5) is 10.6. The molecule has 98 valence electrons. The maximum absolute atomic E-state index is 6.20. The Morgan fingerprint density at radius 1 is 1.16 bits per heavy atom. The van der Waals surface area contributed by atoms with E-state index in [2.05, 4.69) is 47.8 Å². The van der Waals surface area contributed by atoms with Crippen LogP contribution in [0.5, 0.6) is 0 Å². The maximum atomic E-state index is 6.20. The van der Waals surface area contributed by atoms with Gasteiger partial charge in [-0.1, -0.05) is 18.2 Å². The van der Waals surface area contributed by atoms with E-state index in [-0.39, 0.29) is 5.66 Å². The van der Waals surface area contributed by atoms with E-state index in [9.17, 15) is 0 Å². The molecule has 5 heteroatoms. The van der Waals surface area contributed by atoms with Gasteiger partial charge in [0.15, 0.2) is 5.82 Å². The summed E-state index contributed by atoms with van der Waals surface area (Å²) in [5, 5.41) is 1.69. The van der Waals surface area contributed by atoms with E-state index < -0.39 is 0 Å². The minimum atomic E-state index is -0.384. The van der Waals surface area contributed by atoms with E-state index in [1.165, 1.54) is 11.9 Å². The van der Waals surface area contributed by atoms with Crippen LogP contribution in [0.15, 0.2) is 36.8 Å². The highest BCUT2D eigenvalue weighted by molar-refractivity contribution is 5.82. The van der Waals surface area contributed by atoms with Crippen LogP contribution in [-0.4, -0.2) is 15.6 Å². The van der Waals surface area contributed by atoms with Crippen LogP contribution < -0.4 is 15.8 Å². The lowest BCUT2D eigenvalue weighted by atomic mass is 10.1. The second kappa shape index (κ2) is 3.93. The highest BCUT2D eigenvalue weighted by atomic mass is 15.6.